The summed E-state index contributed by atoms with van der Waals surface area (Å²) in [6, 6.07) is 3.60. The molecule has 1 rings (SSSR count). The van der Waals surface area contributed by atoms with Crippen LogP contribution in [-0.2, 0) is 5.41 Å². The number of nitriles is 1. The third kappa shape index (κ3) is 2.47. The Hall–Kier alpha value is -1.56. The number of Topliss-reactive ketones (excluding diaryl/α,β-unsaturated/α-hetero) is 1. The number of aryl methyl sites for hydroxylation is 1. The Balaban J connectivity index is 3.08. The van der Waals surface area contributed by atoms with Crippen molar-refractivity contribution in [1.29, 1.82) is 5.26 Å². The van der Waals surface area contributed by atoms with E-state index >= 15 is 0 Å². The largest absolute Gasteiger partial charge is 0.465 e. The van der Waals surface area contributed by atoms with E-state index in [2.05, 4.69) is 0 Å². The molecule has 3 nitrogen and oxygen atoms in total. The summed E-state index contributed by atoms with van der Waals surface area (Å²) in [7, 11) is 0. The minimum absolute atomic E-state index is 0.0933. The Kier molecular flexibility index (Phi) is 2.99. The van der Waals surface area contributed by atoms with Crippen LogP contribution >= 0.6 is 0 Å². The maximum atomic E-state index is 11.5. The standard InChI is InChI=1S/C12H15NO2/c1-8-9(10(14)5-6-13)7-11(15-8)12(2,3)4/h7H,5H2,1-4H3. The van der Waals surface area contributed by atoms with Crippen LogP contribution < -0.4 is 0 Å². The Morgan fingerprint density at radius 2 is 2.13 bits per heavy atom. The van der Waals surface area contributed by atoms with E-state index in [4.69, 9.17) is 9.68 Å². The first-order chi connectivity index (χ1) is 6.86. The SMILES string of the molecule is Cc1oc(C(C)(C)C)cc1C(=O)CC#N. The lowest BCUT2D eigenvalue weighted by Crippen LogP contribution is -2.09. The molecule has 15 heavy (non-hydrogen) atoms. The molecule has 80 valence electrons. The first kappa shape index (κ1) is 11.5. The highest BCUT2D eigenvalue weighted by Gasteiger charge is 2.22. The van der Waals surface area contributed by atoms with Crippen LogP contribution in [0.3, 0.4) is 0 Å². The number of hydrogen-bond acceptors (Lipinski definition) is 3. The van der Waals surface area contributed by atoms with Crippen molar-refractivity contribution in [2.24, 2.45) is 0 Å². The lowest BCUT2D eigenvalue weighted by Gasteiger charge is -2.13. The first-order valence-corrected chi connectivity index (χ1v) is 4.87. The number of carbonyl (C=O) groups excluding carboxylic acids is 1. The molecule has 0 aliphatic rings. The zero-order valence-corrected chi connectivity index (χ0v) is 9.55. The molecule has 1 heterocycles. The Bertz CT molecular complexity index is 416. The molecule has 3 heteroatoms. The molecule has 1 aromatic heterocycles. The number of furan rings is 1. The van der Waals surface area contributed by atoms with Crippen LogP contribution in [0.1, 0.15) is 49.1 Å². The van der Waals surface area contributed by atoms with Crippen LogP contribution in [-0.4, -0.2) is 5.78 Å². The summed E-state index contributed by atoms with van der Waals surface area (Å²) in [5.74, 6) is 1.20. The summed E-state index contributed by atoms with van der Waals surface area (Å²) in [4.78, 5) is 11.5. The molecule has 0 atom stereocenters. The topological polar surface area (TPSA) is 54.0 Å². The van der Waals surface area contributed by atoms with Crippen molar-refractivity contribution in [1.82, 2.24) is 0 Å². The molecule has 0 bridgehead atoms. The van der Waals surface area contributed by atoms with Crippen molar-refractivity contribution < 1.29 is 9.21 Å². The molecule has 0 unspecified atom stereocenters. The van der Waals surface area contributed by atoms with E-state index in [1.165, 1.54) is 0 Å². The van der Waals surface area contributed by atoms with Gasteiger partial charge in [0, 0.05) is 5.41 Å². The van der Waals surface area contributed by atoms with Gasteiger partial charge in [-0.15, -0.1) is 0 Å². The van der Waals surface area contributed by atoms with Gasteiger partial charge in [-0.25, -0.2) is 0 Å². The summed E-state index contributed by atoms with van der Waals surface area (Å²) < 4.78 is 5.52. The van der Waals surface area contributed by atoms with Gasteiger partial charge in [-0.3, -0.25) is 4.79 Å². The average Bonchev–Trinajstić information content (AvgIpc) is 2.47. The molecule has 0 aliphatic heterocycles. The molecule has 0 saturated carbocycles. The molecule has 1 aromatic rings. The van der Waals surface area contributed by atoms with E-state index in [9.17, 15) is 4.79 Å². The van der Waals surface area contributed by atoms with Gasteiger partial charge >= 0.3 is 0 Å². The summed E-state index contributed by atoms with van der Waals surface area (Å²) in [6.45, 7) is 7.80. The van der Waals surface area contributed by atoms with Gasteiger partial charge in [0.2, 0.25) is 0 Å². The second kappa shape index (κ2) is 3.90. The Labute approximate surface area is 89.7 Å². The van der Waals surface area contributed by atoms with Crippen molar-refractivity contribution >= 4 is 5.78 Å². The van der Waals surface area contributed by atoms with E-state index in [0.29, 0.717) is 11.3 Å². The number of carbonyl (C=O) groups is 1. The predicted octanol–water partition coefficient (Wildman–Crippen LogP) is 2.98. The first-order valence-electron chi connectivity index (χ1n) is 4.87. The van der Waals surface area contributed by atoms with E-state index < -0.39 is 0 Å². The van der Waals surface area contributed by atoms with Crippen molar-refractivity contribution in [2.45, 2.75) is 39.5 Å². The van der Waals surface area contributed by atoms with Gasteiger partial charge in [0.25, 0.3) is 0 Å². The van der Waals surface area contributed by atoms with Crippen molar-refractivity contribution in [3.63, 3.8) is 0 Å². The van der Waals surface area contributed by atoms with Crippen molar-refractivity contribution in [2.75, 3.05) is 0 Å². The number of rotatable bonds is 2. The van der Waals surface area contributed by atoms with E-state index in [1.807, 2.05) is 26.8 Å². The molecule has 0 aromatic carbocycles. The molecular weight excluding hydrogens is 190 g/mol. The summed E-state index contributed by atoms with van der Waals surface area (Å²) in [5, 5.41) is 8.45. The fourth-order valence-electron chi connectivity index (χ4n) is 1.30. The molecule has 0 saturated heterocycles. The summed E-state index contributed by atoms with van der Waals surface area (Å²) >= 11 is 0. The highest BCUT2D eigenvalue weighted by molar-refractivity contribution is 5.98. The van der Waals surface area contributed by atoms with Gasteiger partial charge in [0.05, 0.1) is 18.1 Å². The highest BCUT2D eigenvalue weighted by atomic mass is 16.3. The lowest BCUT2D eigenvalue weighted by molar-refractivity contribution is 0.0996. The van der Waals surface area contributed by atoms with Crippen LogP contribution in [0.25, 0.3) is 0 Å². The molecule has 0 aliphatic carbocycles. The molecule has 0 amide bonds. The quantitative estimate of drug-likeness (QED) is 0.697. The van der Waals surface area contributed by atoms with Gasteiger partial charge in [-0.05, 0) is 13.0 Å². The fourth-order valence-corrected chi connectivity index (χ4v) is 1.30. The molecule has 0 N–H and O–H groups in total. The van der Waals surface area contributed by atoms with Crippen LogP contribution in [0.15, 0.2) is 10.5 Å². The molecule has 0 fully saturated rings. The monoisotopic (exact) mass is 205 g/mol. The van der Waals surface area contributed by atoms with Gasteiger partial charge in [0.15, 0.2) is 5.78 Å². The van der Waals surface area contributed by atoms with Gasteiger partial charge < -0.3 is 4.42 Å². The molecular formula is C12H15NO2. The second-order valence-corrected chi connectivity index (χ2v) is 4.59. The number of nitrogens with zero attached hydrogens (tertiary/aromatic N) is 1. The maximum Gasteiger partial charge on any atom is 0.180 e. The maximum absolute atomic E-state index is 11.5. The Morgan fingerprint density at radius 1 is 1.53 bits per heavy atom. The molecule has 0 spiro atoms. The minimum atomic E-state index is -0.172. The van der Waals surface area contributed by atoms with Crippen LogP contribution in [0.2, 0.25) is 0 Å². The summed E-state index contributed by atoms with van der Waals surface area (Å²) in [5.41, 5.74) is 0.414. The minimum Gasteiger partial charge on any atom is -0.465 e. The smallest absolute Gasteiger partial charge is 0.180 e. The normalized spacial score (nSPS) is 11.1. The fraction of sp³-hybridized carbons (Fsp3) is 0.500. The van der Waals surface area contributed by atoms with E-state index in [1.54, 1.807) is 13.0 Å². The van der Waals surface area contributed by atoms with Crippen LogP contribution in [0.4, 0.5) is 0 Å². The lowest BCUT2D eigenvalue weighted by atomic mass is 9.92. The zero-order chi connectivity index (χ0) is 11.6. The van der Waals surface area contributed by atoms with Crippen LogP contribution in [0.5, 0.6) is 0 Å². The number of ketones is 1. The van der Waals surface area contributed by atoms with E-state index in [-0.39, 0.29) is 17.6 Å². The number of hydrogen-bond donors (Lipinski definition) is 0. The average molecular weight is 205 g/mol. The third-order valence-electron chi connectivity index (χ3n) is 2.20. The molecule has 0 radical (unpaired) electrons. The predicted molar refractivity (Wildman–Crippen MR) is 56.7 cm³/mol. The van der Waals surface area contributed by atoms with E-state index in [0.717, 1.165) is 5.76 Å². The van der Waals surface area contributed by atoms with Gasteiger partial charge in [0.1, 0.15) is 11.5 Å². The highest BCUT2D eigenvalue weighted by Crippen LogP contribution is 2.27. The zero-order valence-electron chi connectivity index (χ0n) is 9.55. The van der Waals surface area contributed by atoms with Crippen LogP contribution in [0, 0.1) is 18.3 Å². The second-order valence-electron chi connectivity index (χ2n) is 4.59. The van der Waals surface area contributed by atoms with Gasteiger partial charge in [-0.1, -0.05) is 20.8 Å². The Morgan fingerprint density at radius 3 is 2.53 bits per heavy atom. The summed E-state index contributed by atoms with van der Waals surface area (Å²) in [6.07, 6.45) is -0.0933. The van der Waals surface area contributed by atoms with Crippen molar-refractivity contribution in [3.05, 3.63) is 23.2 Å². The van der Waals surface area contributed by atoms with Gasteiger partial charge in [-0.2, -0.15) is 5.26 Å². The third-order valence-corrected chi connectivity index (χ3v) is 2.20. The van der Waals surface area contributed by atoms with Crippen molar-refractivity contribution in [3.8, 4) is 6.07 Å².